The summed E-state index contributed by atoms with van der Waals surface area (Å²) in [5.74, 6) is -0.0739. The summed E-state index contributed by atoms with van der Waals surface area (Å²) in [4.78, 5) is 13.6. The quantitative estimate of drug-likeness (QED) is 0.889. The van der Waals surface area contributed by atoms with E-state index >= 15 is 0 Å². The summed E-state index contributed by atoms with van der Waals surface area (Å²) >= 11 is 0. The Bertz CT molecular complexity index is 454. The summed E-state index contributed by atoms with van der Waals surface area (Å²) in [6.45, 7) is 0.215. The van der Waals surface area contributed by atoms with Gasteiger partial charge in [-0.3, -0.25) is 4.79 Å². The second kappa shape index (κ2) is 5.97. The average Bonchev–Trinajstić information content (AvgIpc) is 2.72. The van der Waals surface area contributed by atoms with Crippen LogP contribution in [0.3, 0.4) is 0 Å². The monoisotopic (exact) mass is 270 g/mol. The zero-order valence-corrected chi connectivity index (χ0v) is 10.6. The number of carbonyl (C=O) groups excluding carboxylic acids is 1. The number of hydrogen-bond donors (Lipinski definition) is 1. The van der Waals surface area contributed by atoms with E-state index < -0.39 is 6.61 Å². The molecule has 1 atom stereocenters. The minimum Gasteiger partial charge on any atom is -0.433 e. The molecule has 1 unspecified atom stereocenters. The molecule has 1 fully saturated rings. The highest BCUT2D eigenvalue weighted by atomic mass is 19.3. The van der Waals surface area contributed by atoms with Gasteiger partial charge < -0.3 is 15.0 Å². The summed E-state index contributed by atoms with van der Waals surface area (Å²) in [5.41, 5.74) is 0.396. The molecule has 1 aliphatic rings. The first-order chi connectivity index (χ1) is 9.13. The van der Waals surface area contributed by atoms with Gasteiger partial charge in [-0.15, -0.1) is 0 Å². The van der Waals surface area contributed by atoms with Crippen molar-refractivity contribution in [2.45, 2.75) is 26.0 Å². The third kappa shape index (κ3) is 3.01. The predicted octanol–water partition coefficient (Wildman–Crippen LogP) is 2.00. The van der Waals surface area contributed by atoms with Crippen LogP contribution in [0.25, 0.3) is 0 Å². The Balaban J connectivity index is 2.20. The first kappa shape index (κ1) is 13.7. The van der Waals surface area contributed by atoms with Crippen LogP contribution in [-0.2, 0) is 4.79 Å². The lowest BCUT2D eigenvalue weighted by atomic mass is 10.2. The molecule has 4 nitrogen and oxygen atoms in total. The number of anilines is 1. The Morgan fingerprint density at radius 2 is 2.21 bits per heavy atom. The SMILES string of the molecule is CCNC1CCN(c2ccccc2OC(F)F)C1=O. The van der Waals surface area contributed by atoms with Crippen molar-refractivity contribution in [3.05, 3.63) is 24.3 Å². The van der Waals surface area contributed by atoms with Gasteiger partial charge in [-0.05, 0) is 25.1 Å². The highest BCUT2D eigenvalue weighted by Gasteiger charge is 2.33. The molecule has 0 aliphatic carbocycles. The van der Waals surface area contributed by atoms with Gasteiger partial charge in [-0.25, -0.2) is 0 Å². The molecule has 0 saturated carbocycles. The maximum absolute atomic E-state index is 12.3. The topological polar surface area (TPSA) is 41.6 Å². The molecule has 0 aromatic heterocycles. The number of carbonyl (C=O) groups is 1. The Hall–Kier alpha value is -1.69. The van der Waals surface area contributed by atoms with Crippen LogP contribution in [0.15, 0.2) is 24.3 Å². The third-order valence-corrected chi connectivity index (χ3v) is 3.03. The number of halogens is 2. The van der Waals surface area contributed by atoms with Crippen LogP contribution in [0.5, 0.6) is 5.75 Å². The van der Waals surface area contributed by atoms with Crippen molar-refractivity contribution >= 4 is 11.6 Å². The maximum atomic E-state index is 12.3. The average molecular weight is 270 g/mol. The summed E-state index contributed by atoms with van der Waals surface area (Å²) in [6, 6.07) is 6.11. The van der Waals surface area contributed by atoms with Crippen LogP contribution in [-0.4, -0.2) is 31.7 Å². The van der Waals surface area contributed by atoms with Crippen LogP contribution in [0.1, 0.15) is 13.3 Å². The number of alkyl halides is 2. The molecule has 1 N–H and O–H groups in total. The normalized spacial score (nSPS) is 19.3. The van der Waals surface area contributed by atoms with Gasteiger partial charge in [0, 0.05) is 6.54 Å². The molecule has 1 saturated heterocycles. The fourth-order valence-electron chi connectivity index (χ4n) is 2.23. The molecule has 0 bridgehead atoms. The number of hydrogen-bond acceptors (Lipinski definition) is 3. The predicted molar refractivity (Wildman–Crippen MR) is 67.5 cm³/mol. The maximum Gasteiger partial charge on any atom is 0.387 e. The lowest BCUT2D eigenvalue weighted by molar-refractivity contribution is -0.118. The zero-order valence-electron chi connectivity index (χ0n) is 10.6. The highest BCUT2D eigenvalue weighted by Crippen LogP contribution is 2.32. The van der Waals surface area contributed by atoms with Gasteiger partial charge in [0.2, 0.25) is 5.91 Å². The van der Waals surface area contributed by atoms with E-state index in [-0.39, 0.29) is 17.7 Å². The summed E-state index contributed by atoms with van der Waals surface area (Å²) in [7, 11) is 0. The van der Waals surface area contributed by atoms with Crippen LogP contribution in [0.4, 0.5) is 14.5 Å². The van der Waals surface area contributed by atoms with Crippen molar-refractivity contribution in [3.63, 3.8) is 0 Å². The molecule has 1 amide bonds. The third-order valence-electron chi connectivity index (χ3n) is 3.03. The molecule has 0 radical (unpaired) electrons. The van der Waals surface area contributed by atoms with Crippen LogP contribution < -0.4 is 15.0 Å². The van der Waals surface area contributed by atoms with Crippen molar-refractivity contribution in [1.29, 1.82) is 0 Å². The molecule has 19 heavy (non-hydrogen) atoms. The lowest BCUT2D eigenvalue weighted by Crippen LogP contribution is -2.38. The minimum absolute atomic E-state index is 0.0306. The summed E-state index contributed by atoms with van der Waals surface area (Å²) < 4.78 is 29.1. The summed E-state index contributed by atoms with van der Waals surface area (Å²) in [6.07, 6.45) is 0.662. The van der Waals surface area contributed by atoms with Gasteiger partial charge in [0.1, 0.15) is 5.75 Å². The van der Waals surface area contributed by atoms with Crippen molar-refractivity contribution < 1.29 is 18.3 Å². The number of likely N-dealkylation sites (N-methyl/N-ethyl adjacent to an activating group) is 1. The number of nitrogens with zero attached hydrogens (tertiary/aromatic N) is 1. The Morgan fingerprint density at radius 3 is 2.89 bits per heavy atom. The van der Waals surface area contributed by atoms with Crippen molar-refractivity contribution in [2.75, 3.05) is 18.0 Å². The minimum atomic E-state index is -2.90. The van der Waals surface area contributed by atoms with Crippen molar-refractivity contribution in [1.82, 2.24) is 5.32 Å². The molecule has 6 heteroatoms. The number of rotatable bonds is 5. The van der Waals surface area contributed by atoms with E-state index in [9.17, 15) is 13.6 Å². The van der Waals surface area contributed by atoms with Crippen LogP contribution >= 0.6 is 0 Å². The summed E-state index contributed by atoms with van der Waals surface area (Å²) in [5, 5.41) is 3.07. The van der Waals surface area contributed by atoms with E-state index in [0.717, 1.165) is 0 Å². The van der Waals surface area contributed by atoms with E-state index in [1.807, 2.05) is 6.92 Å². The van der Waals surface area contributed by atoms with Crippen LogP contribution in [0.2, 0.25) is 0 Å². The van der Waals surface area contributed by atoms with Crippen LogP contribution in [0, 0.1) is 0 Å². The van der Waals surface area contributed by atoms with E-state index in [1.165, 1.54) is 11.0 Å². The molecule has 0 spiro atoms. The lowest BCUT2D eigenvalue weighted by Gasteiger charge is -2.20. The Labute approximate surface area is 110 Å². The second-order valence-electron chi connectivity index (χ2n) is 4.24. The van der Waals surface area contributed by atoms with Gasteiger partial charge in [0.25, 0.3) is 0 Å². The smallest absolute Gasteiger partial charge is 0.387 e. The van der Waals surface area contributed by atoms with Crippen molar-refractivity contribution in [2.24, 2.45) is 0 Å². The first-order valence-corrected chi connectivity index (χ1v) is 6.22. The largest absolute Gasteiger partial charge is 0.433 e. The number of ether oxygens (including phenoxy) is 1. The van der Waals surface area contributed by atoms with Gasteiger partial charge in [-0.1, -0.05) is 19.1 Å². The van der Waals surface area contributed by atoms with E-state index in [4.69, 9.17) is 0 Å². The van der Waals surface area contributed by atoms with E-state index in [2.05, 4.69) is 10.1 Å². The standard InChI is InChI=1S/C13H16F2N2O2/c1-2-16-9-7-8-17(12(9)18)10-5-3-4-6-11(10)19-13(14)15/h3-6,9,13,16H,2,7-8H2,1H3. The van der Waals surface area contributed by atoms with Crippen molar-refractivity contribution in [3.8, 4) is 5.75 Å². The molecule has 1 aliphatic heterocycles. The molecular weight excluding hydrogens is 254 g/mol. The second-order valence-corrected chi connectivity index (χ2v) is 4.24. The Morgan fingerprint density at radius 1 is 1.47 bits per heavy atom. The zero-order chi connectivity index (χ0) is 13.8. The van der Waals surface area contributed by atoms with Gasteiger partial charge in [0.15, 0.2) is 0 Å². The number of amides is 1. The van der Waals surface area contributed by atoms with E-state index in [0.29, 0.717) is 25.2 Å². The number of para-hydroxylation sites is 2. The first-order valence-electron chi connectivity index (χ1n) is 6.22. The van der Waals surface area contributed by atoms with Gasteiger partial charge in [0.05, 0.1) is 11.7 Å². The number of benzene rings is 1. The molecule has 104 valence electrons. The Kier molecular flexibility index (Phi) is 4.31. The molecule has 2 rings (SSSR count). The number of nitrogens with one attached hydrogen (secondary N) is 1. The van der Waals surface area contributed by atoms with Gasteiger partial charge in [-0.2, -0.15) is 8.78 Å². The fraction of sp³-hybridized carbons (Fsp3) is 0.462. The van der Waals surface area contributed by atoms with E-state index in [1.54, 1.807) is 18.2 Å². The van der Waals surface area contributed by atoms with Gasteiger partial charge >= 0.3 is 6.61 Å². The molecule has 1 aromatic rings. The molecular formula is C13H16F2N2O2. The highest BCUT2D eigenvalue weighted by molar-refractivity contribution is 6.00. The molecule has 1 heterocycles. The molecule has 1 aromatic carbocycles. The fourth-order valence-corrected chi connectivity index (χ4v) is 2.23.